The van der Waals surface area contributed by atoms with Crippen LogP contribution >= 0.6 is 11.8 Å². The van der Waals surface area contributed by atoms with Crippen LogP contribution < -0.4 is 27.5 Å². The summed E-state index contributed by atoms with van der Waals surface area (Å²) in [7, 11) is 0. The molecule has 0 saturated carbocycles. The summed E-state index contributed by atoms with van der Waals surface area (Å²) in [6, 6.07) is -4.51. The van der Waals surface area contributed by atoms with Crippen molar-refractivity contribution in [1.82, 2.24) is 21.1 Å². The van der Waals surface area contributed by atoms with Gasteiger partial charge in [0.2, 0.25) is 11.8 Å². The average molecular weight is 1120 g/mol. The van der Waals surface area contributed by atoms with E-state index in [9.17, 15) is 58.5 Å². The van der Waals surface area contributed by atoms with E-state index in [1.807, 2.05) is 0 Å². The molecule has 0 aromatic heterocycles. The molecule has 0 spiro atoms. The molecule has 0 saturated heterocycles. The molecule has 0 aliphatic carbocycles. The lowest BCUT2D eigenvalue weighted by molar-refractivity contribution is -0.157. The van der Waals surface area contributed by atoms with E-state index in [1.165, 1.54) is 127 Å². The highest BCUT2D eigenvalue weighted by Gasteiger charge is 2.34. The molecule has 446 valence electrons. The lowest BCUT2D eigenvalue weighted by Gasteiger charge is -2.30. The van der Waals surface area contributed by atoms with Crippen molar-refractivity contribution in [2.45, 2.75) is 269 Å². The van der Waals surface area contributed by atoms with Crippen LogP contribution in [0.1, 0.15) is 245 Å². The second-order valence-electron chi connectivity index (χ2n) is 20.3. The second kappa shape index (κ2) is 49.8. The van der Waals surface area contributed by atoms with Gasteiger partial charge in [-0.3, -0.25) is 43.8 Å². The number of nitrogens with zero attached hydrogens (tertiary/aromatic N) is 1. The Bertz CT molecular complexity index is 1640. The predicted octanol–water partition coefficient (Wildman–Crippen LogP) is 8.63. The third-order valence-corrected chi connectivity index (χ3v) is 14.3. The molecule has 0 fully saturated rings. The molecule has 4 amide bonds. The molecule has 0 heterocycles. The Morgan fingerprint density at radius 1 is 0.545 bits per heavy atom. The zero-order valence-electron chi connectivity index (χ0n) is 47.1. The second-order valence-corrected chi connectivity index (χ2v) is 21.4. The number of esters is 2. The topological polar surface area (TPSA) is 324 Å². The molecule has 0 rings (SSSR count). The Morgan fingerprint density at radius 2 is 1.01 bits per heavy atom. The van der Waals surface area contributed by atoms with Gasteiger partial charge in [-0.1, -0.05) is 174 Å². The van der Waals surface area contributed by atoms with Crippen LogP contribution in [-0.4, -0.2) is 129 Å². The number of carbonyl (C=O) groups is 9. The van der Waals surface area contributed by atoms with E-state index >= 15 is 0 Å². The molecule has 77 heavy (non-hydrogen) atoms. The van der Waals surface area contributed by atoms with Crippen LogP contribution in [0.3, 0.4) is 0 Å². The van der Waals surface area contributed by atoms with E-state index in [0.717, 1.165) is 38.5 Å². The largest absolute Gasteiger partial charge is 0.481 e. The third kappa shape index (κ3) is 43.1. The number of thioether (sulfide) groups is 1. The number of amides is 4. The van der Waals surface area contributed by atoms with Gasteiger partial charge < -0.3 is 46.9 Å². The minimum absolute atomic E-state index is 0.140. The molecule has 0 aliphatic rings. The van der Waals surface area contributed by atoms with Crippen LogP contribution in [0.5, 0.6) is 0 Å². The van der Waals surface area contributed by atoms with Crippen LogP contribution in [0, 0.1) is 0 Å². The van der Waals surface area contributed by atoms with E-state index < -0.39 is 97.5 Å². The zero-order chi connectivity index (χ0) is 57.3. The lowest BCUT2D eigenvalue weighted by Crippen LogP contribution is -2.60. The number of unbranched alkanes of at least 4 members (excludes halogenated alkanes) is 25. The van der Waals surface area contributed by atoms with Crippen molar-refractivity contribution < 1.29 is 67.9 Å². The number of aliphatic carboxylic acids is 3. The number of hydrogen-bond acceptors (Lipinski definition) is 14. The fraction of sp³-hybridized carbons (Fsp3) is 0.839. The van der Waals surface area contributed by atoms with Crippen molar-refractivity contribution in [1.29, 1.82) is 0 Å². The number of rotatable bonds is 53. The number of carboxylic acid groups (broad SMARTS) is 3. The van der Waals surface area contributed by atoms with Crippen molar-refractivity contribution in [3.8, 4) is 0 Å². The number of ether oxygens (including phenoxy) is 2. The quantitative estimate of drug-likeness (QED) is 0.0160. The van der Waals surface area contributed by atoms with E-state index in [0.29, 0.717) is 37.2 Å². The zero-order valence-corrected chi connectivity index (χ0v) is 48.0. The summed E-state index contributed by atoms with van der Waals surface area (Å²) in [5, 5.41) is 33.6. The Balaban J connectivity index is 5.45. The smallest absolute Gasteiger partial charge is 0.328 e. The number of nitrogens with one attached hydrogen (secondary N) is 3. The summed E-state index contributed by atoms with van der Waals surface area (Å²) >= 11 is 1.25. The SMILES string of the molecule is CCCCCCCCCCCCCCCC(=O)OC[C@H](CSCCC(=O)N[C@H](CCC(=O)O)C(=O)NCC(=O)N(NC(=O)C(N)CCCCN)[C@H](CCC(=O)O)C(=O)O)OC(=O)CCCCCCCCCCCCCCC. The van der Waals surface area contributed by atoms with Gasteiger partial charge in [0.05, 0.1) is 12.6 Å². The normalized spacial score (nSPS) is 12.7. The van der Waals surface area contributed by atoms with Gasteiger partial charge in [-0.05, 0) is 45.1 Å². The van der Waals surface area contributed by atoms with Gasteiger partial charge in [-0.15, -0.1) is 0 Å². The van der Waals surface area contributed by atoms with Crippen molar-refractivity contribution in [3.63, 3.8) is 0 Å². The van der Waals surface area contributed by atoms with Crippen molar-refractivity contribution in [3.05, 3.63) is 0 Å². The molecule has 0 aromatic rings. The van der Waals surface area contributed by atoms with Crippen LogP contribution in [-0.2, 0) is 52.6 Å². The monoisotopic (exact) mass is 1110 g/mol. The van der Waals surface area contributed by atoms with Gasteiger partial charge in [-0.2, -0.15) is 11.8 Å². The van der Waals surface area contributed by atoms with Crippen LogP contribution in [0.15, 0.2) is 0 Å². The number of hydrazine groups is 1. The number of carbonyl (C=O) groups excluding carboxylic acids is 6. The third-order valence-electron chi connectivity index (χ3n) is 13.2. The van der Waals surface area contributed by atoms with Gasteiger partial charge in [0.1, 0.15) is 18.8 Å². The fourth-order valence-corrected chi connectivity index (χ4v) is 9.45. The summed E-state index contributed by atoms with van der Waals surface area (Å²) < 4.78 is 11.4. The summed E-state index contributed by atoms with van der Waals surface area (Å²) in [6.07, 6.45) is 29.0. The van der Waals surface area contributed by atoms with E-state index in [-0.39, 0.29) is 56.2 Å². The van der Waals surface area contributed by atoms with E-state index in [1.54, 1.807) is 0 Å². The fourth-order valence-electron chi connectivity index (χ4n) is 8.53. The first-order valence-electron chi connectivity index (χ1n) is 29.3. The first-order valence-corrected chi connectivity index (χ1v) is 30.5. The molecule has 4 atom stereocenters. The molecular formula is C56H102N6O14S. The van der Waals surface area contributed by atoms with Crippen molar-refractivity contribution >= 4 is 65.2 Å². The van der Waals surface area contributed by atoms with Gasteiger partial charge in [0, 0.05) is 43.6 Å². The predicted molar refractivity (Wildman–Crippen MR) is 299 cm³/mol. The number of carboxylic acids is 3. The van der Waals surface area contributed by atoms with E-state index in [2.05, 4.69) is 29.9 Å². The van der Waals surface area contributed by atoms with Gasteiger partial charge in [-0.25, -0.2) is 9.80 Å². The van der Waals surface area contributed by atoms with Crippen molar-refractivity contribution in [2.75, 3.05) is 31.2 Å². The highest BCUT2D eigenvalue weighted by Crippen LogP contribution is 2.17. The van der Waals surface area contributed by atoms with Crippen LogP contribution in [0.25, 0.3) is 0 Å². The molecule has 0 radical (unpaired) electrons. The van der Waals surface area contributed by atoms with Gasteiger partial charge in [0.25, 0.3) is 11.8 Å². The van der Waals surface area contributed by atoms with Gasteiger partial charge >= 0.3 is 29.8 Å². The Hall–Kier alpha value is -4.50. The molecule has 20 nitrogen and oxygen atoms in total. The summed E-state index contributed by atoms with van der Waals surface area (Å²) in [6.45, 7) is 3.71. The molecule has 0 aromatic carbocycles. The Kier molecular flexibility index (Phi) is 46.9. The molecular weight excluding hydrogens is 1010 g/mol. The minimum Gasteiger partial charge on any atom is -0.481 e. The molecule has 1 unspecified atom stereocenters. The molecule has 21 heteroatoms. The maximum Gasteiger partial charge on any atom is 0.328 e. The van der Waals surface area contributed by atoms with Crippen molar-refractivity contribution in [2.24, 2.45) is 11.5 Å². The van der Waals surface area contributed by atoms with Crippen LogP contribution in [0.2, 0.25) is 0 Å². The van der Waals surface area contributed by atoms with Gasteiger partial charge in [0.15, 0.2) is 6.04 Å². The Labute approximate surface area is 464 Å². The summed E-state index contributed by atoms with van der Waals surface area (Å²) in [5.41, 5.74) is 13.6. The molecule has 0 bridgehead atoms. The Morgan fingerprint density at radius 3 is 1.48 bits per heavy atom. The minimum atomic E-state index is -1.87. The first-order chi connectivity index (χ1) is 37.1. The maximum atomic E-state index is 13.4. The standard InChI is InChI=1S/C56H102N6O14S/c1-3-5-7-9-11-13-15-17-19-21-23-25-27-32-52(69)75-42-44(76-53(70)33-28-26-24-22-20-18-16-14-12-10-8-6-4-2)43-77-40-38-48(63)60-46(34-36-50(65)66)55(72)59-41-49(64)62(47(56(73)74)35-37-51(67)68)61-54(71)45(58)31-29-30-39-57/h44-47H,3-43,57-58H2,1-2H3,(H,59,72)(H,60,63)(H,61,71)(H,65,66)(H,67,68)(H,73,74)/t44-,45?,46-,47-/m1/s1. The first kappa shape index (κ1) is 72.5. The molecule has 10 N–H and O–H groups in total. The molecule has 0 aliphatic heterocycles. The summed E-state index contributed by atoms with van der Waals surface area (Å²) in [5.74, 6) is -8.44. The van der Waals surface area contributed by atoms with Crippen LogP contribution in [0.4, 0.5) is 0 Å². The maximum absolute atomic E-state index is 13.4. The average Bonchev–Trinajstić information content (AvgIpc) is 3.39. The number of nitrogens with two attached hydrogens (primary N) is 2. The lowest BCUT2D eigenvalue weighted by atomic mass is 10.0. The summed E-state index contributed by atoms with van der Waals surface area (Å²) in [4.78, 5) is 114. The highest BCUT2D eigenvalue weighted by atomic mass is 32.2. The highest BCUT2D eigenvalue weighted by molar-refractivity contribution is 7.99. The number of hydrogen-bond donors (Lipinski definition) is 8. The van der Waals surface area contributed by atoms with E-state index in [4.69, 9.17) is 20.9 Å².